The summed E-state index contributed by atoms with van der Waals surface area (Å²) >= 11 is 0. The van der Waals surface area contributed by atoms with E-state index in [0.29, 0.717) is 0 Å². The minimum Gasteiger partial charge on any atom is -0.344 e. The van der Waals surface area contributed by atoms with Gasteiger partial charge in [0.1, 0.15) is 0 Å². The third-order valence-electron chi connectivity index (χ3n) is 4.36. The molecule has 0 amide bonds. The van der Waals surface area contributed by atoms with Gasteiger partial charge in [0, 0.05) is 6.92 Å². The molecular weight excluding hydrogens is 312 g/mol. The topological polar surface area (TPSA) is 49.7 Å². The van der Waals surface area contributed by atoms with Gasteiger partial charge in [-0.2, -0.15) is 0 Å². The molecule has 0 saturated heterocycles. The van der Waals surface area contributed by atoms with Crippen molar-refractivity contribution in [3.63, 3.8) is 0 Å². The van der Waals surface area contributed by atoms with Crippen LogP contribution in [0.2, 0.25) is 0 Å². The van der Waals surface area contributed by atoms with Crippen molar-refractivity contribution < 1.29 is 14.9 Å². The number of aliphatic hydroxyl groups is 2. The maximum absolute atomic E-state index is 9.76. The zero-order valence-corrected chi connectivity index (χ0v) is 14.2. The monoisotopic (exact) mass is 334 g/mol. The van der Waals surface area contributed by atoms with Crippen molar-refractivity contribution in [2.45, 2.75) is 18.3 Å². The molecule has 0 aliphatic carbocycles. The van der Waals surface area contributed by atoms with Crippen LogP contribution in [0, 0.1) is 0 Å². The lowest BCUT2D eigenvalue weighted by atomic mass is 9.70. The molecule has 3 aromatic rings. The first kappa shape index (κ1) is 17.4. The van der Waals surface area contributed by atoms with Gasteiger partial charge in [0.15, 0.2) is 0 Å². The van der Waals surface area contributed by atoms with Crippen molar-refractivity contribution >= 4 is 0 Å². The Hall–Kier alpha value is -2.46. The van der Waals surface area contributed by atoms with Crippen LogP contribution in [0.5, 0.6) is 0 Å². The molecular formula is C22H22O3. The summed E-state index contributed by atoms with van der Waals surface area (Å²) in [5.41, 5.74) is 2.42. The number of rotatable bonds is 6. The summed E-state index contributed by atoms with van der Waals surface area (Å²) in [6.45, 7) is 1.31. The maximum Gasteiger partial charge on any atom is 0.274 e. The van der Waals surface area contributed by atoms with Gasteiger partial charge in [-0.25, -0.2) is 0 Å². The van der Waals surface area contributed by atoms with Gasteiger partial charge in [-0.3, -0.25) is 0 Å². The summed E-state index contributed by atoms with van der Waals surface area (Å²) in [5.74, 6) is -2.20. The lowest BCUT2D eigenvalue weighted by molar-refractivity contribution is -0.327. The molecule has 0 unspecified atom stereocenters. The predicted molar refractivity (Wildman–Crippen MR) is 98.0 cm³/mol. The lowest BCUT2D eigenvalue weighted by Gasteiger charge is -2.37. The fraction of sp³-hybridized carbons (Fsp3) is 0.182. The highest BCUT2D eigenvalue weighted by Crippen LogP contribution is 2.40. The Labute approximate surface area is 148 Å². The Bertz CT molecular complexity index is 681. The van der Waals surface area contributed by atoms with Crippen LogP contribution in [0.15, 0.2) is 91.0 Å². The van der Waals surface area contributed by atoms with E-state index in [-0.39, 0.29) is 6.61 Å². The van der Waals surface area contributed by atoms with E-state index in [2.05, 4.69) is 0 Å². The first-order valence-electron chi connectivity index (χ1n) is 8.28. The van der Waals surface area contributed by atoms with Crippen molar-refractivity contribution in [2.75, 3.05) is 6.61 Å². The Morgan fingerprint density at radius 2 is 0.960 bits per heavy atom. The first-order valence-corrected chi connectivity index (χ1v) is 8.28. The molecule has 0 fully saturated rings. The van der Waals surface area contributed by atoms with Gasteiger partial charge in [0.05, 0.1) is 12.0 Å². The third kappa shape index (κ3) is 3.80. The van der Waals surface area contributed by atoms with Gasteiger partial charge in [-0.15, -0.1) is 0 Å². The highest BCUT2D eigenvalue weighted by Gasteiger charge is 2.38. The van der Waals surface area contributed by atoms with Crippen LogP contribution in [0.1, 0.15) is 23.6 Å². The fourth-order valence-corrected chi connectivity index (χ4v) is 3.16. The van der Waals surface area contributed by atoms with Crippen molar-refractivity contribution in [3.05, 3.63) is 108 Å². The van der Waals surface area contributed by atoms with Crippen LogP contribution >= 0.6 is 0 Å². The molecule has 25 heavy (non-hydrogen) atoms. The molecule has 2 N–H and O–H groups in total. The maximum atomic E-state index is 9.76. The molecule has 0 aliphatic rings. The van der Waals surface area contributed by atoms with Gasteiger partial charge < -0.3 is 14.9 Å². The molecule has 0 atom stereocenters. The molecule has 0 spiro atoms. The standard InChI is InChI=1S/C22H22O3/c1-21(23,24)25-17-22(18-11-5-2-6-12-18,19-13-7-3-8-14-19)20-15-9-4-10-16-20/h2-16,23-24H,17H2,1H3. The number of benzene rings is 3. The van der Waals surface area contributed by atoms with E-state index in [9.17, 15) is 10.2 Å². The molecule has 0 saturated carbocycles. The van der Waals surface area contributed by atoms with Crippen molar-refractivity contribution in [1.82, 2.24) is 0 Å². The summed E-state index contributed by atoms with van der Waals surface area (Å²) in [7, 11) is 0. The average Bonchev–Trinajstić information content (AvgIpc) is 2.64. The Morgan fingerprint density at radius 3 is 1.24 bits per heavy atom. The molecule has 3 rings (SSSR count). The summed E-state index contributed by atoms with van der Waals surface area (Å²) in [6.07, 6.45) is 0. The van der Waals surface area contributed by atoms with Crippen LogP contribution in [-0.2, 0) is 10.2 Å². The van der Waals surface area contributed by atoms with Gasteiger partial charge in [-0.05, 0) is 16.7 Å². The summed E-state index contributed by atoms with van der Waals surface area (Å²) in [5, 5.41) is 19.5. The van der Waals surface area contributed by atoms with E-state index in [1.165, 1.54) is 6.92 Å². The minimum atomic E-state index is -2.20. The zero-order valence-electron chi connectivity index (χ0n) is 14.2. The lowest BCUT2D eigenvalue weighted by Crippen LogP contribution is -2.40. The minimum absolute atomic E-state index is 0.0918. The van der Waals surface area contributed by atoms with E-state index in [1.807, 2.05) is 91.0 Å². The Morgan fingerprint density at radius 1 is 0.640 bits per heavy atom. The van der Waals surface area contributed by atoms with Gasteiger partial charge in [0.25, 0.3) is 5.97 Å². The van der Waals surface area contributed by atoms with Crippen LogP contribution in [0.4, 0.5) is 0 Å². The van der Waals surface area contributed by atoms with Gasteiger partial charge in [-0.1, -0.05) is 91.0 Å². The third-order valence-corrected chi connectivity index (χ3v) is 4.36. The largest absolute Gasteiger partial charge is 0.344 e. The smallest absolute Gasteiger partial charge is 0.274 e. The average molecular weight is 334 g/mol. The Kier molecular flexibility index (Phi) is 5.00. The van der Waals surface area contributed by atoms with Crippen molar-refractivity contribution in [2.24, 2.45) is 0 Å². The summed E-state index contributed by atoms with van der Waals surface area (Å²) < 4.78 is 5.47. The number of hydrogen-bond donors (Lipinski definition) is 2. The van der Waals surface area contributed by atoms with E-state index in [0.717, 1.165) is 16.7 Å². The second-order valence-corrected chi connectivity index (χ2v) is 6.23. The fourth-order valence-electron chi connectivity index (χ4n) is 3.16. The van der Waals surface area contributed by atoms with E-state index in [1.54, 1.807) is 0 Å². The molecule has 0 bridgehead atoms. The zero-order chi connectivity index (χ0) is 17.8. The number of hydrogen-bond acceptors (Lipinski definition) is 3. The molecule has 3 heteroatoms. The van der Waals surface area contributed by atoms with Crippen molar-refractivity contribution in [1.29, 1.82) is 0 Å². The molecule has 3 aromatic carbocycles. The summed E-state index contributed by atoms with van der Waals surface area (Å²) in [6, 6.07) is 30.0. The van der Waals surface area contributed by atoms with Crippen LogP contribution in [0.25, 0.3) is 0 Å². The van der Waals surface area contributed by atoms with Gasteiger partial charge in [0.2, 0.25) is 0 Å². The summed E-state index contributed by atoms with van der Waals surface area (Å²) in [4.78, 5) is 0. The van der Waals surface area contributed by atoms with Crippen LogP contribution in [-0.4, -0.2) is 22.8 Å². The molecule has 0 aromatic heterocycles. The van der Waals surface area contributed by atoms with E-state index in [4.69, 9.17) is 4.74 Å². The molecule has 128 valence electrons. The SMILES string of the molecule is CC(O)(O)OCC(c1ccccc1)(c1ccccc1)c1ccccc1. The Balaban J connectivity index is 2.24. The first-order chi connectivity index (χ1) is 12.0. The highest BCUT2D eigenvalue weighted by atomic mass is 16.8. The number of ether oxygens (including phenoxy) is 1. The van der Waals surface area contributed by atoms with Crippen molar-refractivity contribution in [3.8, 4) is 0 Å². The van der Waals surface area contributed by atoms with Gasteiger partial charge >= 0.3 is 0 Å². The molecule has 3 nitrogen and oxygen atoms in total. The second kappa shape index (κ2) is 7.19. The van der Waals surface area contributed by atoms with Crippen LogP contribution in [0.3, 0.4) is 0 Å². The normalized spacial score (nSPS) is 12.1. The van der Waals surface area contributed by atoms with Crippen LogP contribution < -0.4 is 0 Å². The van der Waals surface area contributed by atoms with E-state index < -0.39 is 11.4 Å². The highest BCUT2D eigenvalue weighted by molar-refractivity contribution is 5.50. The molecule has 0 heterocycles. The second-order valence-electron chi connectivity index (χ2n) is 6.23. The quantitative estimate of drug-likeness (QED) is 0.534. The molecule has 0 radical (unpaired) electrons. The predicted octanol–water partition coefficient (Wildman–Crippen LogP) is 3.70. The van der Waals surface area contributed by atoms with E-state index >= 15 is 0 Å². The molecule has 0 aliphatic heterocycles.